The van der Waals surface area contributed by atoms with E-state index in [-0.39, 0.29) is 13.1 Å². The van der Waals surface area contributed by atoms with Crippen LogP contribution in [0.25, 0.3) is 10.4 Å². The number of halogens is 1. The molecule has 0 aliphatic carbocycles. The summed E-state index contributed by atoms with van der Waals surface area (Å²) in [5.41, 5.74) is 8.73. The van der Waals surface area contributed by atoms with Gasteiger partial charge in [-0.2, -0.15) is 0 Å². The van der Waals surface area contributed by atoms with Gasteiger partial charge in [0, 0.05) is 18.0 Å². The van der Waals surface area contributed by atoms with E-state index < -0.39 is 12.0 Å². The standard InChI is InChI=1S/C12H13BrN4O4/c13-8-5-7(6-9-11(8)21-4-3-20-9)10(12(18)19)15-1-2-16-17-14/h5-6,10,15H,1-4H2,(H,18,19). The number of aliphatic carboxylic acids is 1. The van der Waals surface area contributed by atoms with Crippen LogP contribution in [0.3, 0.4) is 0 Å². The number of nitrogens with zero attached hydrogens (tertiary/aromatic N) is 3. The van der Waals surface area contributed by atoms with Crippen LogP contribution in [0.4, 0.5) is 0 Å². The third-order valence-electron chi connectivity index (χ3n) is 2.82. The molecule has 0 fully saturated rings. The van der Waals surface area contributed by atoms with Crippen molar-refractivity contribution < 1.29 is 19.4 Å². The highest BCUT2D eigenvalue weighted by atomic mass is 79.9. The Kier molecular flexibility index (Phi) is 5.26. The van der Waals surface area contributed by atoms with Crippen molar-refractivity contribution >= 4 is 21.9 Å². The van der Waals surface area contributed by atoms with Crippen molar-refractivity contribution in [3.8, 4) is 11.5 Å². The first kappa shape index (κ1) is 15.4. The first-order valence-electron chi connectivity index (χ1n) is 6.19. The van der Waals surface area contributed by atoms with Crippen LogP contribution in [0.1, 0.15) is 11.6 Å². The van der Waals surface area contributed by atoms with E-state index in [4.69, 9.17) is 15.0 Å². The summed E-state index contributed by atoms with van der Waals surface area (Å²) >= 11 is 3.35. The minimum Gasteiger partial charge on any atom is -0.486 e. The van der Waals surface area contributed by atoms with Crippen molar-refractivity contribution in [3.05, 3.63) is 32.6 Å². The summed E-state index contributed by atoms with van der Waals surface area (Å²) in [5.74, 6) is 0.0523. The number of hydrogen-bond acceptors (Lipinski definition) is 5. The molecule has 0 amide bonds. The van der Waals surface area contributed by atoms with Crippen LogP contribution in [0.2, 0.25) is 0 Å². The fourth-order valence-corrected chi connectivity index (χ4v) is 2.52. The molecular formula is C12H13BrN4O4. The van der Waals surface area contributed by atoms with Gasteiger partial charge in [-0.1, -0.05) is 5.11 Å². The van der Waals surface area contributed by atoms with E-state index in [1.807, 2.05) is 0 Å². The minimum atomic E-state index is -1.03. The van der Waals surface area contributed by atoms with Gasteiger partial charge in [-0.15, -0.1) is 0 Å². The monoisotopic (exact) mass is 356 g/mol. The van der Waals surface area contributed by atoms with Gasteiger partial charge >= 0.3 is 5.97 Å². The third-order valence-corrected chi connectivity index (χ3v) is 3.41. The highest BCUT2D eigenvalue weighted by Crippen LogP contribution is 2.39. The van der Waals surface area contributed by atoms with Crippen LogP contribution in [0.5, 0.6) is 11.5 Å². The Bertz CT molecular complexity index is 589. The van der Waals surface area contributed by atoms with Gasteiger partial charge in [0.25, 0.3) is 0 Å². The predicted molar refractivity (Wildman–Crippen MR) is 77.5 cm³/mol. The minimum absolute atomic E-state index is 0.173. The highest BCUT2D eigenvalue weighted by Gasteiger charge is 2.24. The van der Waals surface area contributed by atoms with E-state index in [0.717, 1.165) is 0 Å². The zero-order valence-corrected chi connectivity index (χ0v) is 12.5. The number of carboxylic acids is 1. The third kappa shape index (κ3) is 3.78. The maximum Gasteiger partial charge on any atom is 0.325 e. The second-order valence-electron chi connectivity index (χ2n) is 4.21. The molecule has 112 valence electrons. The smallest absolute Gasteiger partial charge is 0.325 e. The number of carbonyl (C=O) groups is 1. The lowest BCUT2D eigenvalue weighted by Gasteiger charge is -2.22. The molecule has 0 bridgehead atoms. The molecule has 2 rings (SSSR count). The number of hydrogen-bond donors (Lipinski definition) is 2. The number of ether oxygens (including phenoxy) is 2. The number of benzene rings is 1. The van der Waals surface area contributed by atoms with Crippen LogP contribution in [-0.2, 0) is 4.79 Å². The molecule has 0 saturated heterocycles. The lowest BCUT2D eigenvalue weighted by atomic mass is 10.1. The van der Waals surface area contributed by atoms with Crippen molar-refractivity contribution in [3.63, 3.8) is 0 Å². The summed E-state index contributed by atoms with van der Waals surface area (Å²) < 4.78 is 11.6. The molecule has 8 nitrogen and oxygen atoms in total. The van der Waals surface area contributed by atoms with Gasteiger partial charge in [-0.25, -0.2) is 0 Å². The molecule has 2 N–H and O–H groups in total. The summed E-state index contributed by atoms with van der Waals surface area (Å²) in [6.07, 6.45) is 0. The molecule has 1 heterocycles. The molecule has 1 unspecified atom stereocenters. The van der Waals surface area contributed by atoms with Gasteiger partial charge in [-0.3, -0.25) is 4.79 Å². The molecule has 9 heteroatoms. The Hall–Kier alpha value is -1.96. The first-order chi connectivity index (χ1) is 10.1. The molecule has 0 saturated carbocycles. The topological polar surface area (TPSA) is 117 Å². The molecule has 21 heavy (non-hydrogen) atoms. The van der Waals surface area contributed by atoms with Crippen molar-refractivity contribution in [2.45, 2.75) is 6.04 Å². The molecular weight excluding hydrogens is 344 g/mol. The van der Waals surface area contributed by atoms with E-state index in [2.05, 4.69) is 31.3 Å². The largest absolute Gasteiger partial charge is 0.486 e. The number of rotatable bonds is 6. The zero-order chi connectivity index (χ0) is 15.2. The van der Waals surface area contributed by atoms with Gasteiger partial charge in [0.1, 0.15) is 19.3 Å². The van der Waals surface area contributed by atoms with E-state index >= 15 is 0 Å². The highest BCUT2D eigenvalue weighted by molar-refractivity contribution is 9.10. The average molecular weight is 357 g/mol. The van der Waals surface area contributed by atoms with Crippen LogP contribution >= 0.6 is 15.9 Å². The van der Waals surface area contributed by atoms with Crippen LogP contribution < -0.4 is 14.8 Å². The van der Waals surface area contributed by atoms with Crippen molar-refractivity contribution in [1.29, 1.82) is 0 Å². The molecule has 1 atom stereocenters. The van der Waals surface area contributed by atoms with Gasteiger partial charge in [0.05, 0.1) is 4.47 Å². The Morgan fingerprint density at radius 2 is 2.29 bits per heavy atom. The Balaban J connectivity index is 2.21. The predicted octanol–water partition coefficient (Wildman–Crippen LogP) is 2.25. The number of fused-ring (bicyclic) bond motifs is 1. The van der Waals surface area contributed by atoms with Gasteiger partial charge < -0.3 is 19.9 Å². The van der Waals surface area contributed by atoms with E-state index in [0.29, 0.717) is 34.7 Å². The molecule has 0 spiro atoms. The SMILES string of the molecule is [N-]=[N+]=NCCNC(C(=O)O)c1cc(Br)c2c(c1)OCCO2. The molecule has 0 aromatic heterocycles. The van der Waals surface area contributed by atoms with Crippen LogP contribution in [0, 0.1) is 0 Å². The molecule has 1 aromatic carbocycles. The number of carboxylic acid groups (broad SMARTS) is 1. The summed E-state index contributed by atoms with van der Waals surface area (Å²) in [6, 6.07) is 2.39. The van der Waals surface area contributed by atoms with Crippen LogP contribution in [0.15, 0.2) is 21.7 Å². The van der Waals surface area contributed by atoms with Crippen molar-refractivity contribution in [2.24, 2.45) is 5.11 Å². The first-order valence-corrected chi connectivity index (χ1v) is 6.99. The summed E-state index contributed by atoms with van der Waals surface area (Å²) in [4.78, 5) is 14.0. The van der Waals surface area contributed by atoms with Gasteiger partial charge in [0.2, 0.25) is 0 Å². The molecule has 1 aromatic rings. The average Bonchev–Trinajstić information content (AvgIpc) is 2.47. The Morgan fingerprint density at radius 1 is 1.52 bits per heavy atom. The fraction of sp³-hybridized carbons (Fsp3) is 0.417. The Morgan fingerprint density at radius 3 is 3.00 bits per heavy atom. The van der Waals surface area contributed by atoms with Crippen molar-refractivity contribution in [2.75, 3.05) is 26.3 Å². The lowest BCUT2D eigenvalue weighted by molar-refractivity contribution is -0.139. The zero-order valence-electron chi connectivity index (χ0n) is 11.0. The van der Waals surface area contributed by atoms with Crippen LogP contribution in [-0.4, -0.2) is 37.4 Å². The second kappa shape index (κ2) is 7.16. The molecule has 1 aliphatic rings. The quantitative estimate of drug-likeness (QED) is 0.351. The molecule has 0 radical (unpaired) electrons. The lowest BCUT2D eigenvalue weighted by Crippen LogP contribution is -2.30. The summed E-state index contributed by atoms with van der Waals surface area (Å²) in [7, 11) is 0. The maximum atomic E-state index is 11.4. The summed E-state index contributed by atoms with van der Waals surface area (Å²) in [5, 5.41) is 15.5. The number of nitrogens with one attached hydrogen (secondary N) is 1. The van der Waals surface area contributed by atoms with E-state index in [9.17, 15) is 9.90 Å². The van der Waals surface area contributed by atoms with Gasteiger partial charge in [-0.05, 0) is 39.2 Å². The van der Waals surface area contributed by atoms with Gasteiger partial charge in [0.15, 0.2) is 11.5 Å². The maximum absolute atomic E-state index is 11.4. The number of azide groups is 1. The summed E-state index contributed by atoms with van der Waals surface area (Å²) in [6.45, 7) is 1.31. The Labute approximate surface area is 128 Å². The van der Waals surface area contributed by atoms with E-state index in [1.165, 1.54) is 0 Å². The van der Waals surface area contributed by atoms with Crippen molar-refractivity contribution in [1.82, 2.24) is 5.32 Å². The normalized spacial score (nSPS) is 14.1. The fourth-order valence-electron chi connectivity index (χ4n) is 1.95. The molecule has 1 aliphatic heterocycles. The van der Waals surface area contributed by atoms with E-state index in [1.54, 1.807) is 12.1 Å². The second-order valence-corrected chi connectivity index (χ2v) is 5.06.